The monoisotopic (exact) mass is 287 g/mol. The van der Waals surface area contributed by atoms with Gasteiger partial charge >= 0.3 is 0 Å². The number of likely N-dealkylation sites (N-methyl/N-ethyl adjacent to an activating group) is 1. The van der Waals surface area contributed by atoms with Crippen molar-refractivity contribution in [3.05, 3.63) is 18.2 Å². The fraction of sp³-hybridized carbons (Fsp3) is 0.273. The Kier molecular flexibility index (Phi) is 5.33. The number of rotatable bonds is 4. The van der Waals surface area contributed by atoms with Crippen molar-refractivity contribution in [1.29, 1.82) is 0 Å². The lowest BCUT2D eigenvalue weighted by Gasteiger charge is -1.99. The van der Waals surface area contributed by atoms with E-state index in [1.807, 2.05) is 18.2 Å². The molecule has 98 valence electrons. The number of hydrogen-bond donors (Lipinski definition) is 2. The minimum Gasteiger partial charge on any atom is -0.494 e. The summed E-state index contributed by atoms with van der Waals surface area (Å²) in [5.41, 5.74) is 0.778. The maximum absolute atomic E-state index is 11.4. The molecule has 0 aliphatic rings. The zero-order valence-electron chi connectivity index (χ0n) is 10.0. The van der Waals surface area contributed by atoms with Gasteiger partial charge in [-0.15, -0.1) is 12.4 Å². The maximum Gasteiger partial charge on any atom is 0.240 e. The lowest BCUT2D eigenvalue weighted by atomic mass is 10.3. The number of ether oxygens (including phenoxy) is 1. The number of hydrogen-bond acceptors (Lipinski definition) is 5. The highest BCUT2D eigenvalue weighted by molar-refractivity contribution is 7.22. The Bertz CT molecular complexity index is 544. The van der Waals surface area contributed by atoms with Gasteiger partial charge in [-0.2, -0.15) is 0 Å². The van der Waals surface area contributed by atoms with Gasteiger partial charge in [0.05, 0.1) is 18.4 Å². The van der Waals surface area contributed by atoms with E-state index in [2.05, 4.69) is 15.6 Å². The van der Waals surface area contributed by atoms with Gasteiger partial charge in [-0.1, -0.05) is 17.4 Å². The third kappa shape index (κ3) is 3.10. The van der Waals surface area contributed by atoms with E-state index in [0.717, 1.165) is 10.2 Å². The van der Waals surface area contributed by atoms with Crippen LogP contribution in [0.5, 0.6) is 5.75 Å². The second-order valence-corrected chi connectivity index (χ2v) is 4.44. The third-order valence-corrected chi connectivity index (χ3v) is 3.12. The molecule has 18 heavy (non-hydrogen) atoms. The lowest BCUT2D eigenvalue weighted by molar-refractivity contribution is -0.115. The van der Waals surface area contributed by atoms with Crippen LogP contribution < -0.4 is 15.4 Å². The van der Waals surface area contributed by atoms with Crippen LogP contribution in [0.25, 0.3) is 10.2 Å². The Hall–Kier alpha value is -1.37. The molecule has 2 aromatic rings. The van der Waals surface area contributed by atoms with Crippen molar-refractivity contribution in [1.82, 2.24) is 10.3 Å². The highest BCUT2D eigenvalue weighted by Gasteiger charge is 2.10. The summed E-state index contributed by atoms with van der Waals surface area (Å²) in [7, 11) is 3.33. The Labute approximate surface area is 115 Å². The summed E-state index contributed by atoms with van der Waals surface area (Å²) in [6, 6.07) is 5.70. The number of halogens is 1. The van der Waals surface area contributed by atoms with Gasteiger partial charge in [-0.3, -0.25) is 4.79 Å². The van der Waals surface area contributed by atoms with E-state index < -0.39 is 0 Å². The van der Waals surface area contributed by atoms with E-state index in [9.17, 15) is 4.79 Å². The molecule has 0 saturated carbocycles. The van der Waals surface area contributed by atoms with Gasteiger partial charge in [-0.25, -0.2) is 4.98 Å². The molecule has 0 fully saturated rings. The molecule has 5 nitrogen and oxygen atoms in total. The number of aromatic nitrogens is 1. The summed E-state index contributed by atoms with van der Waals surface area (Å²) in [4.78, 5) is 15.7. The van der Waals surface area contributed by atoms with E-state index in [1.165, 1.54) is 11.3 Å². The van der Waals surface area contributed by atoms with Gasteiger partial charge in [0.15, 0.2) is 5.13 Å². The van der Waals surface area contributed by atoms with Crippen molar-refractivity contribution < 1.29 is 9.53 Å². The van der Waals surface area contributed by atoms with Crippen LogP contribution >= 0.6 is 23.7 Å². The molecule has 0 unspecified atom stereocenters. The van der Waals surface area contributed by atoms with Crippen LogP contribution in [-0.4, -0.2) is 31.6 Å². The molecule has 2 N–H and O–H groups in total. The number of para-hydroxylation sites is 1. The Morgan fingerprint density at radius 2 is 2.28 bits per heavy atom. The van der Waals surface area contributed by atoms with E-state index in [-0.39, 0.29) is 24.9 Å². The van der Waals surface area contributed by atoms with Crippen LogP contribution in [0.4, 0.5) is 5.13 Å². The van der Waals surface area contributed by atoms with Crippen molar-refractivity contribution in [2.75, 3.05) is 26.0 Å². The molecule has 0 spiro atoms. The van der Waals surface area contributed by atoms with Gasteiger partial charge in [-0.05, 0) is 19.2 Å². The summed E-state index contributed by atoms with van der Waals surface area (Å²) >= 11 is 1.43. The summed E-state index contributed by atoms with van der Waals surface area (Å²) in [6.07, 6.45) is 0. The first kappa shape index (κ1) is 14.7. The Morgan fingerprint density at radius 1 is 1.50 bits per heavy atom. The van der Waals surface area contributed by atoms with Gasteiger partial charge in [0.2, 0.25) is 5.91 Å². The predicted octanol–water partition coefficient (Wildman–Crippen LogP) is 1.88. The van der Waals surface area contributed by atoms with E-state index in [0.29, 0.717) is 10.9 Å². The minimum absolute atomic E-state index is 0. The van der Waals surface area contributed by atoms with Crippen LogP contribution in [0, 0.1) is 0 Å². The number of nitrogens with one attached hydrogen (secondary N) is 2. The smallest absolute Gasteiger partial charge is 0.240 e. The number of fused-ring (bicyclic) bond motifs is 1. The number of amides is 1. The SMILES string of the molecule is CNCC(=O)Nc1nc2c(OC)cccc2s1.Cl. The molecule has 0 bridgehead atoms. The topological polar surface area (TPSA) is 63.2 Å². The molecular weight excluding hydrogens is 274 g/mol. The maximum atomic E-state index is 11.4. The fourth-order valence-corrected chi connectivity index (χ4v) is 2.37. The second kappa shape index (κ2) is 6.53. The predicted molar refractivity (Wildman–Crippen MR) is 76.0 cm³/mol. The minimum atomic E-state index is -0.106. The quantitative estimate of drug-likeness (QED) is 0.901. The van der Waals surface area contributed by atoms with Crippen LogP contribution in [0.2, 0.25) is 0 Å². The molecule has 1 aromatic carbocycles. The first-order chi connectivity index (χ1) is 8.24. The van der Waals surface area contributed by atoms with Crippen molar-refractivity contribution >= 4 is 45.0 Å². The van der Waals surface area contributed by atoms with Crippen molar-refractivity contribution in [3.8, 4) is 5.75 Å². The number of benzene rings is 1. The molecular formula is C11H14ClN3O2S. The van der Waals surface area contributed by atoms with Crippen LogP contribution in [0.1, 0.15) is 0 Å². The Morgan fingerprint density at radius 3 is 2.94 bits per heavy atom. The van der Waals surface area contributed by atoms with Crippen molar-refractivity contribution in [2.45, 2.75) is 0 Å². The molecule has 0 saturated heterocycles. The second-order valence-electron chi connectivity index (χ2n) is 3.40. The van der Waals surface area contributed by atoms with Gasteiger partial charge in [0, 0.05) is 0 Å². The zero-order chi connectivity index (χ0) is 12.3. The largest absolute Gasteiger partial charge is 0.494 e. The van der Waals surface area contributed by atoms with Crippen LogP contribution in [0.3, 0.4) is 0 Å². The molecule has 0 atom stereocenters. The highest BCUT2D eigenvalue weighted by atomic mass is 35.5. The summed E-state index contributed by atoms with van der Waals surface area (Å²) in [5, 5.41) is 6.11. The first-order valence-corrected chi connectivity index (χ1v) is 5.94. The van der Waals surface area contributed by atoms with Gasteiger partial charge < -0.3 is 15.4 Å². The van der Waals surface area contributed by atoms with Gasteiger partial charge in [0.25, 0.3) is 0 Å². The number of thiazole rings is 1. The van der Waals surface area contributed by atoms with Crippen LogP contribution in [0.15, 0.2) is 18.2 Å². The van der Waals surface area contributed by atoms with Crippen molar-refractivity contribution in [2.24, 2.45) is 0 Å². The molecule has 2 rings (SSSR count). The third-order valence-electron chi connectivity index (χ3n) is 2.19. The number of nitrogens with zero attached hydrogens (tertiary/aromatic N) is 1. The molecule has 0 radical (unpaired) electrons. The molecule has 1 heterocycles. The number of carbonyl (C=O) groups is 1. The van der Waals surface area contributed by atoms with E-state index in [4.69, 9.17) is 4.74 Å². The Balaban J connectivity index is 0.00000162. The molecule has 1 aromatic heterocycles. The zero-order valence-corrected chi connectivity index (χ0v) is 11.7. The standard InChI is InChI=1S/C11H13N3O2S.ClH/c1-12-6-9(15)13-11-14-10-7(16-2)4-3-5-8(10)17-11;/h3-5,12H,6H2,1-2H3,(H,13,14,15);1H. The van der Waals surface area contributed by atoms with Crippen molar-refractivity contribution in [3.63, 3.8) is 0 Å². The molecule has 0 aliphatic carbocycles. The van der Waals surface area contributed by atoms with E-state index >= 15 is 0 Å². The summed E-state index contributed by atoms with van der Waals surface area (Å²) < 4.78 is 6.20. The summed E-state index contributed by atoms with van der Waals surface area (Å²) in [6.45, 7) is 0.271. The fourth-order valence-electron chi connectivity index (χ4n) is 1.47. The number of carbonyl (C=O) groups excluding carboxylic acids is 1. The molecule has 1 amide bonds. The highest BCUT2D eigenvalue weighted by Crippen LogP contribution is 2.31. The first-order valence-electron chi connectivity index (χ1n) is 5.12. The normalized spacial score (nSPS) is 9.89. The number of methoxy groups -OCH3 is 1. The number of anilines is 1. The van der Waals surface area contributed by atoms with Gasteiger partial charge in [0.1, 0.15) is 11.3 Å². The van der Waals surface area contributed by atoms with E-state index in [1.54, 1.807) is 14.2 Å². The average Bonchev–Trinajstić information content (AvgIpc) is 2.70. The van der Waals surface area contributed by atoms with Crippen LogP contribution in [-0.2, 0) is 4.79 Å². The lowest BCUT2D eigenvalue weighted by Crippen LogP contribution is -2.24. The summed E-state index contributed by atoms with van der Waals surface area (Å²) in [5.74, 6) is 0.610. The molecule has 7 heteroatoms. The molecule has 0 aliphatic heterocycles. The average molecular weight is 288 g/mol.